The molecule has 1 aliphatic rings. The average Bonchev–Trinajstić information content (AvgIpc) is 2.99. The summed E-state index contributed by atoms with van der Waals surface area (Å²) in [6.07, 6.45) is 2.38. The number of aromatic amines is 1. The van der Waals surface area contributed by atoms with Crippen LogP contribution in [0.25, 0.3) is 11.0 Å². The summed E-state index contributed by atoms with van der Waals surface area (Å²) in [5.41, 5.74) is 7.74. The predicted molar refractivity (Wildman–Crippen MR) is 65.4 cm³/mol. The Morgan fingerprint density at radius 2 is 2.25 bits per heavy atom. The number of halogens is 1. The van der Waals surface area contributed by atoms with Gasteiger partial charge in [-0.1, -0.05) is 17.7 Å². The summed E-state index contributed by atoms with van der Waals surface area (Å²) in [4.78, 5) is 7.81. The van der Waals surface area contributed by atoms with Gasteiger partial charge in [0, 0.05) is 0 Å². The van der Waals surface area contributed by atoms with Gasteiger partial charge < -0.3 is 10.7 Å². The third kappa shape index (κ3) is 1.43. The second-order valence-corrected chi connectivity index (χ2v) is 5.19. The van der Waals surface area contributed by atoms with Gasteiger partial charge in [-0.05, 0) is 37.8 Å². The maximum absolute atomic E-state index is 6.32. The highest BCUT2D eigenvalue weighted by molar-refractivity contribution is 6.34. The Hall–Kier alpha value is -1.06. The molecule has 3 N–H and O–H groups in total. The van der Waals surface area contributed by atoms with E-state index in [2.05, 4.69) is 9.97 Å². The quantitative estimate of drug-likeness (QED) is 0.841. The van der Waals surface area contributed by atoms with E-state index in [1.807, 2.05) is 25.1 Å². The molecule has 0 spiro atoms. The van der Waals surface area contributed by atoms with E-state index in [1.165, 1.54) is 12.8 Å². The fourth-order valence-electron chi connectivity index (χ4n) is 2.13. The Balaban J connectivity index is 2.15. The van der Waals surface area contributed by atoms with Crippen LogP contribution in [0.5, 0.6) is 0 Å². The molecule has 0 radical (unpaired) electrons. The highest BCUT2D eigenvalue weighted by Gasteiger charge is 2.41. The molecule has 1 unspecified atom stereocenters. The molecule has 0 aliphatic heterocycles. The molecule has 3 nitrogen and oxygen atoms in total. The minimum Gasteiger partial charge on any atom is -0.340 e. The van der Waals surface area contributed by atoms with Crippen molar-refractivity contribution in [3.8, 4) is 0 Å². The third-order valence-electron chi connectivity index (χ3n) is 3.40. The zero-order valence-corrected chi connectivity index (χ0v) is 9.88. The van der Waals surface area contributed by atoms with Crippen LogP contribution in [0.1, 0.15) is 25.6 Å². The SMILES string of the molecule is CC(N)(c1nc2c(Cl)cccc2[nH]1)C1CC1. The molecule has 1 saturated carbocycles. The maximum atomic E-state index is 6.32. The Morgan fingerprint density at radius 3 is 2.88 bits per heavy atom. The van der Waals surface area contributed by atoms with E-state index in [4.69, 9.17) is 17.3 Å². The number of H-pyrrole nitrogens is 1. The van der Waals surface area contributed by atoms with Crippen LogP contribution in [0.2, 0.25) is 5.02 Å². The molecule has 1 aromatic carbocycles. The molecule has 4 heteroatoms. The summed E-state index contributed by atoms with van der Waals surface area (Å²) in [5, 5.41) is 0.673. The van der Waals surface area contributed by atoms with E-state index < -0.39 is 0 Å². The number of nitrogens with two attached hydrogens (primary N) is 1. The standard InChI is InChI=1S/C12H14ClN3/c1-12(14,7-5-6-7)11-15-9-4-2-3-8(13)10(9)16-11/h2-4,7H,5-6,14H2,1H3,(H,15,16). The van der Waals surface area contributed by atoms with Gasteiger partial charge >= 0.3 is 0 Å². The number of hydrogen-bond donors (Lipinski definition) is 2. The Morgan fingerprint density at radius 1 is 1.50 bits per heavy atom. The summed E-state index contributed by atoms with van der Waals surface area (Å²) in [7, 11) is 0. The Labute approximate surface area is 99.0 Å². The zero-order chi connectivity index (χ0) is 11.3. The first-order valence-electron chi connectivity index (χ1n) is 5.52. The first-order chi connectivity index (χ1) is 7.59. The molecule has 1 atom stereocenters. The maximum Gasteiger partial charge on any atom is 0.127 e. The van der Waals surface area contributed by atoms with Crippen LogP contribution in [-0.4, -0.2) is 9.97 Å². The Bertz CT molecular complexity index is 540. The van der Waals surface area contributed by atoms with E-state index in [1.54, 1.807) is 0 Å². The van der Waals surface area contributed by atoms with E-state index in [0.717, 1.165) is 16.9 Å². The van der Waals surface area contributed by atoms with Gasteiger partial charge in [0.05, 0.1) is 16.1 Å². The summed E-state index contributed by atoms with van der Waals surface area (Å²) in [6.45, 7) is 2.04. The average molecular weight is 236 g/mol. The van der Waals surface area contributed by atoms with Crippen molar-refractivity contribution in [2.75, 3.05) is 0 Å². The number of benzene rings is 1. The van der Waals surface area contributed by atoms with Gasteiger partial charge in [0.2, 0.25) is 0 Å². The van der Waals surface area contributed by atoms with E-state index in [9.17, 15) is 0 Å². The molecule has 1 heterocycles. The summed E-state index contributed by atoms with van der Waals surface area (Å²) >= 11 is 6.09. The van der Waals surface area contributed by atoms with Crippen LogP contribution in [0.4, 0.5) is 0 Å². The van der Waals surface area contributed by atoms with Crippen LogP contribution in [0.3, 0.4) is 0 Å². The van der Waals surface area contributed by atoms with Crippen molar-refractivity contribution in [3.63, 3.8) is 0 Å². The van der Waals surface area contributed by atoms with Crippen molar-refractivity contribution < 1.29 is 0 Å². The molecule has 1 aromatic heterocycles. The molecule has 84 valence electrons. The van der Waals surface area contributed by atoms with Crippen LogP contribution in [0.15, 0.2) is 18.2 Å². The van der Waals surface area contributed by atoms with Crippen molar-refractivity contribution >= 4 is 22.6 Å². The fourth-order valence-corrected chi connectivity index (χ4v) is 2.35. The van der Waals surface area contributed by atoms with Crippen LogP contribution >= 0.6 is 11.6 Å². The molecule has 16 heavy (non-hydrogen) atoms. The van der Waals surface area contributed by atoms with Crippen LogP contribution in [0, 0.1) is 5.92 Å². The first kappa shape index (κ1) is 10.1. The number of imidazole rings is 1. The number of fused-ring (bicyclic) bond motifs is 1. The normalized spacial score (nSPS) is 19.9. The smallest absolute Gasteiger partial charge is 0.127 e. The van der Waals surface area contributed by atoms with Gasteiger partial charge in [-0.2, -0.15) is 0 Å². The van der Waals surface area contributed by atoms with Gasteiger partial charge in [0.1, 0.15) is 11.3 Å². The van der Waals surface area contributed by atoms with Crippen LogP contribution < -0.4 is 5.73 Å². The van der Waals surface area contributed by atoms with Crippen molar-refractivity contribution in [2.45, 2.75) is 25.3 Å². The summed E-state index contributed by atoms with van der Waals surface area (Å²) < 4.78 is 0. The lowest BCUT2D eigenvalue weighted by Crippen LogP contribution is -2.36. The minimum absolute atomic E-state index is 0.359. The van der Waals surface area contributed by atoms with Gasteiger partial charge in [0.25, 0.3) is 0 Å². The largest absolute Gasteiger partial charge is 0.340 e. The third-order valence-corrected chi connectivity index (χ3v) is 3.70. The lowest BCUT2D eigenvalue weighted by molar-refractivity contribution is 0.405. The van der Waals surface area contributed by atoms with Crippen molar-refractivity contribution in [2.24, 2.45) is 11.7 Å². The van der Waals surface area contributed by atoms with Gasteiger partial charge in [0.15, 0.2) is 0 Å². The lowest BCUT2D eigenvalue weighted by atomic mass is 9.97. The molecule has 1 aliphatic carbocycles. The Kier molecular flexibility index (Phi) is 2.03. The van der Waals surface area contributed by atoms with Gasteiger partial charge in [-0.25, -0.2) is 4.98 Å². The molecular weight excluding hydrogens is 222 g/mol. The fraction of sp³-hybridized carbons (Fsp3) is 0.417. The topological polar surface area (TPSA) is 54.7 Å². The molecule has 2 aromatic rings. The van der Waals surface area contributed by atoms with Crippen molar-refractivity contribution in [1.82, 2.24) is 9.97 Å². The number of aromatic nitrogens is 2. The highest BCUT2D eigenvalue weighted by atomic mass is 35.5. The molecule has 0 bridgehead atoms. The molecular formula is C12H14ClN3. The monoisotopic (exact) mass is 235 g/mol. The van der Waals surface area contributed by atoms with E-state index >= 15 is 0 Å². The number of rotatable bonds is 2. The molecule has 3 rings (SSSR count). The summed E-state index contributed by atoms with van der Waals surface area (Å²) in [6, 6.07) is 5.73. The van der Waals surface area contributed by atoms with Gasteiger partial charge in [-0.15, -0.1) is 0 Å². The number of hydrogen-bond acceptors (Lipinski definition) is 2. The number of nitrogens with one attached hydrogen (secondary N) is 1. The molecule has 0 amide bonds. The van der Waals surface area contributed by atoms with E-state index in [0.29, 0.717) is 10.9 Å². The second-order valence-electron chi connectivity index (χ2n) is 4.78. The summed E-state index contributed by atoms with van der Waals surface area (Å²) in [5.74, 6) is 1.39. The number of para-hydroxylation sites is 1. The second kappa shape index (κ2) is 3.22. The van der Waals surface area contributed by atoms with Crippen molar-refractivity contribution in [3.05, 3.63) is 29.0 Å². The number of nitrogens with zero attached hydrogens (tertiary/aromatic N) is 1. The van der Waals surface area contributed by atoms with E-state index in [-0.39, 0.29) is 5.54 Å². The zero-order valence-electron chi connectivity index (χ0n) is 9.13. The van der Waals surface area contributed by atoms with Crippen LogP contribution in [-0.2, 0) is 5.54 Å². The predicted octanol–water partition coefficient (Wildman–Crippen LogP) is 2.80. The molecule has 1 fully saturated rings. The molecule has 0 saturated heterocycles. The minimum atomic E-state index is -0.359. The van der Waals surface area contributed by atoms with Gasteiger partial charge in [-0.3, -0.25) is 0 Å². The highest BCUT2D eigenvalue weighted by Crippen LogP contribution is 2.43. The van der Waals surface area contributed by atoms with Crippen molar-refractivity contribution in [1.29, 1.82) is 0 Å². The lowest BCUT2D eigenvalue weighted by Gasteiger charge is -2.21. The first-order valence-corrected chi connectivity index (χ1v) is 5.90.